The molecule has 27 heavy (non-hydrogen) atoms. The third kappa shape index (κ3) is 4.69. The molecule has 2 N–H and O–H groups in total. The lowest BCUT2D eigenvalue weighted by Crippen LogP contribution is -2.41. The summed E-state index contributed by atoms with van der Waals surface area (Å²) in [6.45, 7) is 7.66. The number of carbonyl (C=O) groups excluding carboxylic acids is 1. The number of rotatable bonds is 3. The molecule has 0 radical (unpaired) electrons. The highest BCUT2D eigenvalue weighted by Crippen LogP contribution is 2.31. The maximum absolute atomic E-state index is 12.8. The maximum Gasteiger partial charge on any atom is 0.229 e. The molecule has 6 nitrogen and oxygen atoms in total. The fourth-order valence-electron chi connectivity index (χ4n) is 3.21. The van der Waals surface area contributed by atoms with Gasteiger partial charge >= 0.3 is 0 Å². The molecule has 2 heterocycles. The minimum Gasteiger partial charge on any atom is -0.506 e. The highest BCUT2D eigenvalue weighted by Gasteiger charge is 2.27. The van der Waals surface area contributed by atoms with Crippen LogP contribution in [0.4, 0.5) is 11.5 Å². The van der Waals surface area contributed by atoms with Crippen molar-refractivity contribution >= 4 is 29.0 Å². The second kappa shape index (κ2) is 7.72. The van der Waals surface area contributed by atoms with Crippen molar-refractivity contribution in [3.05, 3.63) is 41.0 Å². The number of carbonyl (C=O) groups is 1. The fourth-order valence-corrected chi connectivity index (χ4v) is 3.32. The molecule has 0 spiro atoms. The van der Waals surface area contributed by atoms with Gasteiger partial charge in [0.15, 0.2) is 11.0 Å². The largest absolute Gasteiger partial charge is 0.506 e. The van der Waals surface area contributed by atoms with E-state index in [0.717, 1.165) is 30.8 Å². The van der Waals surface area contributed by atoms with Gasteiger partial charge in [0.2, 0.25) is 5.91 Å². The lowest BCUT2D eigenvalue weighted by molar-refractivity contribution is -0.120. The fraction of sp³-hybridized carbons (Fsp3) is 0.450. The Morgan fingerprint density at radius 1 is 1.26 bits per heavy atom. The number of benzene rings is 1. The Hall–Kier alpha value is -2.34. The molecule has 0 saturated carbocycles. The van der Waals surface area contributed by atoms with Gasteiger partial charge < -0.3 is 15.3 Å². The van der Waals surface area contributed by atoms with Crippen molar-refractivity contribution in [3.63, 3.8) is 0 Å². The number of phenolic OH excluding ortho intramolecular Hbond substituents is 1. The van der Waals surface area contributed by atoms with Crippen molar-refractivity contribution in [1.29, 1.82) is 0 Å². The number of hydrogen-bond acceptors (Lipinski definition) is 5. The van der Waals surface area contributed by atoms with E-state index in [4.69, 9.17) is 11.6 Å². The van der Waals surface area contributed by atoms with Crippen LogP contribution in [0.1, 0.15) is 39.2 Å². The first-order valence-electron chi connectivity index (χ1n) is 9.12. The van der Waals surface area contributed by atoms with Crippen molar-refractivity contribution in [2.45, 2.75) is 39.0 Å². The first-order valence-corrected chi connectivity index (χ1v) is 9.50. The van der Waals surface area contributed by atoms with Gasteiger partial charge in [-0.25, -0.2) is 0 Å². The molecule has 1 unspecified atom stereocenters. The monoisotopic (exact) mass is 388 g/mol. The summed E-state index contributed by atoms with van der Waals surface area (Å²) in [5.41, 5.74) is 1.44. The van der Waals surface area contributed by atoms with Gasteiger partial charge in [0.25, 0.3) is 0 Å². The Morgan fingerprint density at radius 3 is 2.70 bits per heavy atom. The number of nitrogens with one attached hydrogen (secondary N) is 1. The number of phenols is 1. The van der Waals surface area contributed by atoms with Gasteiger partial charge in [-0.15, -0.1) is 10.2 Å². The summed E-state index contributed by atoms with van der Waals surface area (Å²) in [4.78, 5) is 14.8. The second-order valence-electron chi connectivity index (χ2n) is 7.97. The number of anilines is 2. The topological polar surface area (TPSA) is 78.4 Å². The van der Waals surface area contributed by atoms with Gasteiger partial charge in [0, 0.05) is 13.1 Å². The van der Waals surface area contributed by atoms with E-state index in [9.17, 15) is 9.90 Å². The van der Waals surface area contributed by atoms with Crippen LogP contribution in [-0.2, 0) is 10.2 Å². The van der Waals surface area contributed by atoms with Gasteiger partial charge in [-0.1, -0.05) is 38.4 Å². The normalized spacial score (nSPS) is 17.6. The van der Waals surface area contributed by atoms with E-state index in [1.54, 1.807) is 12.1 Å². The van der Waals surface area contributed by atoms with Crippen LogP contribution < -0.4 is 10.2 Å². The van der Waals surface area contributed by atoms with E-state index in [0.29, 0.717) is 17.4 Å². The van der Waals surface area contributed by atoms with Crippen molar-refractivity contribution in [3.8, 4) is 5.75 Å². The molecule has 0 aliphatic carbocycles. The number of piperidine rings is 1. The minimum atomic E-state index is -0.186. The molecular formula is C20H25ClN4O2. The maximum atomic E-state index is 12.8. The van der Waals surface area contributed by atoms with Crippen LogP contribution in [0.5, 0.6) is 5.75 Å². The smallest absolute Gasteiger partial charge is 0.229 e. The van der Waals surface area contributed by atoms with Crippen LogP contribution in [0.3, 0.4) is 0 Å². The number of halogens is 1. The van der Waals surface area contributed by atoms with Crippen LogP contribution in [0.2, 0.25) is 5.15 Å². The van der Waals surface area contributed by atoms with Gasteiger partial charge in [-0.2, -0.15) is 0 Å². The van der Waals surface area contributed by atoms with Crippen LogP contribution >= 0.6 is 11.6 Å². The zero-order valence-electron chi connectivity index (χ0n) is 15.9. The number of hydrogen-bond donors (Lipinski definition) is 2. The molecule has 1 atom stereocenters. The minimum absolute atomic E-state index is 0.0674. The first kappa shape index (κ1) is 19.4. The highest BCUT2D eigenvalue weighted by molar-refractivity contribution is 6.29. The predicted octanol–water partition coefficient (Wildman–Crippen LogP) is 3.99. The molecular weight excluding hydrogens is 364 g/mol. The molecule has 3 rings (SSSR count). The molecule has 7 heteroatoms. The molecule has 1 fully saturated rings. The predicted molar refractivity (Wildman–Crippen MR) is 107 cm³/mol. The summed E-state index contributed by atoms with van der Waals surface area (Å²) >= 11 is 5.80. The van der Waals surface area contributed by atoms with E-state index in [1.165, 1.54) is 0 Å². The summed E-state index contributed by atoms with van der Waals surface area (Å²) in [7, 11) is 0. The molecule has 1 aromatic heterocycles. The number of aromatic nitrogens is 2. The highest BCUT2D eigenvalue weighted by atomic mass is 35.5. The Bertz CT molecular complexity index is 818. The standard InChI is InChI=1S/C20H25ClN4O2/c1-20(2,3)14-6-7-16(26)15(11-14)22-19(27)13-5-4-10-25(12-13)18-9-8-17(21)23-24-18/h6-9,11,13,26H,4-5,10,12H2,1-3H3,(H,22,27). The molecule has 1 saturated heterocycles. The Labute approximate surface area is 164 Å². The number of nitrogens with zero attached hydrogens (tertiary/aromatic N) is 3. The van der Waals surface area contributed by atoms with E-state index < -0.39 is 0 Å². The summed E-state index contributed by atoms with van der Waals surface area (Å²) in [6, 6.07) is 8.87. The summed E-state index contributed by atoms with van der Waals surface area (Å²) in [5.74, 6) is 0.513. The van der Waals surface area contributed by atoms with E-state index in [-0.39, 0.29) is 23.0 Å². The van der Waals surface area contributed by atoms with Crippen LogP contribution in [0.15, 0.2) is 30.3 Å². The Morgan fingerprint density at radius 2 is 2.04 bits per heavy atom. The van der Waals surface area contributed by atoms with Crippen molar-refractivity contribution < 1.29 is 9.90 Å². The van der Waals surface area contributed by atoms with E-state index >= 15 is 0 Å². The zero-order valence-corrected chi connectivity index (χ0v) is 16.6. The van der Waals surface area contributed by atoms with Gasteiger partial charge in [-0.05, 0) is 48.1 Å². The second-order valence-corrected chi connectivity index (χ2v) is 8.36. The van der Waals surface area contributed by atoms with Gasteiger partial charge in [0.05, 0.1) is 11.6 Å². The van der Waals surface area contributed by atoms with Crippen molar-refractivity contribution in [1.82, 2.24) is 10.2 Å². The number of amides is 1. The molecule has 1 aromatic carbocycles. The molecule has 144 valence electrons. The zero-order chi connectivity index (χ0) is 19.6. The van der Waals surface area contributed by atoms with Gasteiger partial charge in [0.1, 0.15) is 5.75 Å². The molecule has 2 aromatic rings. The lowest BCUT2D eigenvalue weighted by atomic mass is 9.86. The first-order chi connectivity index (χ1) is 12.7. The third-order valence-electron chi connectivity index (χ3n) is 4.85. The Balaban J connectivity index is 1.71. The summed E-state index contributed by atoms with van der Waals surface area (Å²) in [6.07, 6.45) is 1.68. The average molecular weight is 389 g/mol. The van der Waals surface area contributed by atoms with E-state index in [1.807, 2.05) is 23.1 Å². The van der Waals surface area contributed by atoms with E-state index in [2.05, 4.69) is 36.3 Å². The Kier molecular flexibility index (Phi) is 5.56. The molecule has 0 bridgehead atoms. The third-order valence-corrected chi connectivity index (χ3v) is 5.06. The summed E-state index contributed by atoms with van der Waals surface area (Å²) < 4.78 is 0. The average Bonchev–Trinajstić information content (AvgIpc) is 2.63. The molecule has 1 amide bonds. The molecule has 1 aliphatic heterocycles. The summed E-state index contributed by atoms with van der Waals surface area (Å²) in [5, 5.41) is 21.4. The van der Waals surface area contributed by atoms with Crippen molar-refractivity contribution in [2.24, 2.45) is 5.92 Å². The number of aromatic hydroxyl groups is 1. The van der Waals surface area contributed by atoms with Crippen LogP contribution in [-0.4, -0.2) is 34.3 Å². The molecule has 1 aliphatic rings. The van der Waals surface area contributed by atoms with Crippen LogP contribution in [0.25, 0.3) is 0 Å². The van der Waals surface area contributed by atoms with Gasteiger partial charge in [-0.3, -0.25) is 4.79 Å². The SMILES string of the molecule is CC(C)(C)c1ccc(O)c(NC(=O)C2CCCN(c3ccc(Cl)nn3)C2)c1. The van der Waals surface area contributed by atoms with Crippen molar-refractivity contribution in [2.75, 3.05) is 23.3 Å². The van der Waals surface area contributed by atoms with Crippen LogP contribution in [0, 0.1) is 5.92 Å². The lowest BCUT2D eigenvalue weighted by Gasteiger charge is -2.32. The quantitative estimate of drug-likeness (QED) is 0.777.